The van der Waals surface area contributed by atoms with Gasteiger partial charge in [0.05, 0.1) is 0 Å². The third-order valence-corrected chi connectivity index (χ3v) is 9.99. The Kier molecular flexibility index (Phi) is 5.38. The van der Waals surface area contributed by atoms with Crippen LogP contribution in [0.15, 0.2) is 170 Å². The van der Waals surface area contributed by atoms with Crippen LogP contribution in [0.2, 0.25) is 0 Å². The summed E-state index contributed by atoms with van der Waals surface area (Å²) in [7, 11) is 0. The van der Waals surface area contributed by atoms with Crippen molar-refractivity contribution < 1.29 is 0 Å². The van der Waals surface area contributed by atoms with Gasteiger partial charge in [0.2, 0.25) is 0 Å². The van der Waals surface area contributed by atoms with E-state index in [0.717, 1.165) is 0 Å². The van der Waals surface area contributed by atoms with Crippen molar-refractivity contribution in [2.24, 2.45) is 0 Å². The molecular weight excluding hydrogens is 553 g/mol. The molecule has 0 spiro atoms. The van der Waals surface area contributed by atoms with Gasteiger partial charge in [-0.1, -0.05) is 158 Å². The van der Waals surface area contributed by atoms with E-state index in [1.165, 1.54) is 97.7 Å². The van der Waals surface area contributed by atoms with Crippen molar-refractivity contribution in [2.75, 3.05) is 0 Å². The lowest BCUT2D eigenvalue weighted by Crippen LogP contribution is -1.93. The van der Waals surface area contributed by atoms with Crippen molar-refractivity contribution in [3.05, 3.63) is 170 Å². The molecule has 0 aliphatic rings. The van der Waals surface area contributed by atoms with Gasteiger partial charge in [0.1, 0.15) is 0 Å². The van der Waals surface area contributed by atoms with Crippen LogP contribution in [0.25, 0.3) is 97.7 Å². The Morgan fingerprint density at radius 1 is 0.239 bits per heavy atom. The van der Waals surface area contributed by atoms with E-state index >= 15 is 0 Å². The summed E-state index contributed by atoms with van der Waals surface area (Å²) >= 11 is 0. The van der Waals surface area contributed by atoms with Gasteiger partial charge in [0.15, 0.2) is 0 Å². The molecule has 0 amide bonds. The van der Waals surface area contributed by atoms with Crippen molar-refractivity contribution in [3.8, 4) is 22.3 Å². The average molecular weight is 581 g/mol. The molecule has 0 heterocycles. The lowest BCUT2D eigenvalue weighted by Gasteiger charge is -2.21. The molecule has 0 aliphatic carbocycles. The molecule has 0 saturated carbocycles. The van der Waals surface area contributed by atoms with Crippen LogP contribution in [0.1, 0.15) is 0 Å². The lowest BCUT2D eigenvalue weighted by atomic mass is 9.82. The summed E-state index contributed by atoms with van der Waals surface area (Å²) in [6.45, 7) is 0. The number of benzene rings is 10. The van der Waals surface area contributed by atoms with Crippen LogP contribution in [0, 0.1) is 0 Å². The highest BCUT2D eigenvalue weighted by Crippen LogP contribution is 2.48. The predicted molar refractivity (Wildman–Crippen MR) is 200 cm³/mol. The second-order valence-corrected chi connectivity index (χ2v) is 12.4. The molecule has 0 heteroatoms. The van der Waals surface area contributed by atoms with Gasteiger partial charge in [-0.25, -0.2) is 0 Å². The molecule has 0 atom stereocenters. The average Bonchev–Trinajstić information content (AvgIpc) is 3.13. The maximum absolute atomic E-state index is 2.41. The fraction of sp³-hybridized carbons (Fsp3) is 0. The molecular formula is C46H28. The highest BCUT2D eigenvalue weighted by Gasteiger charge is 2.21. The fourth-order valence-corrected chi connectivity index (χ4v) is 7.97. The van der Waals surface area contributed by atoms with Gasteiger partial charge < -0.3 is 0 Å². The van der Waals surface area contributed by atoms with Crippen LogP contribution >= 0.6 is 0 Å². The van der Waals surface area contributed by atoms with E-state index in [2.05, 4.69) is 170 Å². The third kappa shape index (κ3) is 3.62. The predicted octanol–water partition coefficient (Wildman–Crippen LogP) is 13.1. The van der Waals surface area contributed by atoms with Crippen LogP contribution in [0.4, 0.5) is 0 Å². The van der Waals surface area contributed by atoms with E-state index in [0.29, 0.717) is 0 Å². The summed E-state index contributed by atoms with van der Waals surface area (Å²) in [6.07, 6.45) is 0. The maximum Gasteiger partial charge on any atom is -0.00141 e. The van der Waals surface area contributed by atoms with Crippen LogP contribution in [0.5, 0.6) is 0 Å². The van der Waals surface area contributed by atoms with E-state index in [1.807, 2.05) is 0 Å². The zero-order valence-electron chi connectivity index (χ0n) is 25.2. The van der Waals surface area contributed by atoms with Crippen LogP contribution < -0.4 is 0 Å². The smallest absolute Gasteiger partial charge is 0.00141 e. The van der Waals surface area contributed by atoms with E-state index in [9.17, 15) is 0 Å². The summed E-state index contributed by atoms with van der Waals surface area (Å²) in [4.78, 5) is 0. The molecule has 0 aliphatic heterocycles. The molecule has 10 aromatic rings. The Labute approximate surface area is 266 Å². The minimum atomic E-state index is 1.25. The lowest BCUT2D eigenvalue weighted by molar-refractivity contribution is 1.70. The van der Waals surface area contributed by atoms with Gasteiger partial charge in [-0.05, 0) is 110 Å². The first-order valence-corrected chi connectivity index (χ1v) is 16.0. The molecule has 0 aromatic heterocycles. The van der Waals surface area contributed by atoms with Crippen molar-refractivity contribution in [1.29, 1.82) is 0 Å². The van der Waals surface area contributed by atoms with Gasteiger partial charge in [0.25, 0.3) is 0 Å². The normalized spacial score (nSPS) is 11.9. The summed E-state index contributed by atoms with van der Waals surface area (Å²) in [6, 6.07) is 62.9. The number of rotatable bonds is 2. The minimum absolute atomic E-state index is 1.25. The zero-order chi connectivity index (χ0) is 30.2. The first kappa shape index (κ1) is 25.4. The molecule has 0 N–H and O–H groups in total. The maximum atomic E-state index is 2.41. The van der Waals surface area contributed by atoms with Crippen LogP contribution in [-0.4, -0.2) is 0 Å². The van der Waals surface area contributed by atoms with Gasteiger partial charge >= 0.3 is 0 Å². The Hall–Kier alpha value is -5.98. The fourth-order valence-electron chi connectivity index (χ4n) is 7.97. The highest BCUT2D eigenvalue weighted by molar-refractivity contribution is 6.30. The minimum Gasteiger partial charge on any atom is -0.0616 e. The second kappa shape index (κ2) is 9.76. The Morgan fingerprint density at radius 2 is 0.696 bits per heavy atom. The SMILES string of the molecule is c1ccc2c(c1)ccc1cc(-c3c4ccccc4c(-c4cc5ccccc5c5ccccc45)c4ccc5ccccc5c34)ccc12. The van der Waals surface area contributed by atoms with E-state index in [4.69, 9.17) is 0 Å². The summed E-state index contributed by atoms with van der Waals surface area (Å²) in [5.74, 6) is 0. The van der Waals surface area contributed by atoms with Gasteiger partial charge in [-0.15, -0.1) is 0 Å². The Bertz CT molecular complexity index is 2850. The number of fused-ring (bicyclic) bond motifs is 10. The molecule has 10 aromatic carbocycles. The Balaban J connectivity index is 1.40. The largest absolute Gasteiger partial charge is 0.0616 e. The number of hydrogen-bond acceptors (Lipinski definition) is 0. The molecule has 10 rings (SSSR count). The van der Waals surface area contributed by atoms with E-state index in [1.54, 1.807) is 0 Å². The summed E-state index contributed by atoms with van der Waals surface area (Å²) in [5, 5.41) is 17.9. The number of hydrogen-bond donors (Lipinski definition) is 0. The second-order valence-electron chi connectivity index (χ2n) is 12.4. The summed E-state index contributed by atoms with van der Waals surface area (Å²) in [5.41, 5.74) is 5.12. The van der Waals surface area contributed by atoms with Crippen molar-refractivity contribution >= 4 is 75.4 Å². The molecule has 0 unspecified atom stereocenters. The summed E-state index contributed by atoms with van der Waals surface area (Å²) < 4.78 is 0. The van der Waals surface area contributed by atoms with Crippen LogP contribution in [-0.2, 0) is 0 Å². The molecule has 0 saturated heterocycles. The molecule has 0 radical (unpaired) electrons. The Morgan fingerprint density at radius 3 is 1.46 bits per heavy atom. The van der Waals surface area contributed by atoms with Gasteiger partial charge in [-0.2, -0.15) is 0 Å². The van der Waals surface area contributed by atoms with Gasteiger partial charge in [-0.3, -0.25) is 0 Å². The van der Waals surface area contributed by atoms with Gasteiger partial charge in [0, 0.05) is 0 Å². The van der Waals surface area contributed by atoms with E-state index < -0.39 is 0 Å². The zero-order valence-corrected chi connectivity index (χ0v) is 25.2. The molecule has 0 nitrogen and oxygen atoms in total. The molecule has 212 valence electrons. The first-order chi connectivity index (χ1) is 22.8. The van der Waals surface area contributed by atoms with E-state index in [-0.39, 0.29) is 0 Å². The van der Waals surface area contributed by atoms with Crippen molar-refractivity contribution in [3.63, 3.8) is 0 Å². The molecule has 46 heavy (non-hydrogen) atoms. The van der Waals surface area contributed by atoms with Crippen molar-refractivity contribution in [2.45, 2.75) is 0 Å². The highest BCUT2D eigenvalue weighted by atomic mass is 14.2. The molecule has 0 bridgehead atoms. The topological polar surface area (TPSA) is 0 Å². The monoisotopic (exact) mass is 580 g/mol. The third-order valence-electron chi connectivity index (χ3n) is 9.99. The van der Waals surface area contributed by atoms with Crippen LogP contribution in [0.3, 0.4) is 0 Å². The standard InChI is InChI=1S/C46H28/c1-4-14-34-29(11-1)21-22-32-27-33(24-25-36(32)34)44-40-19-9-10-20-41(40)45(42-26-23-30-12-2-6-16-37(30)46(42)44)43-28-31-13-3-5-15-35(31)38-17-7-8-18-39(38)43/h1-28H. The van der Waals surface area contributed by atoms with Crippen molar-refractivity contribution in [1.82, 2.24) is 0 Å². The molecule has 0 fully saturated rings. The first-order valence-electron chi connectivity index (χ1n) is 16.0. The quantitative estimate of drug-likeness (QED) is 0.141.